The summed E-state index contributed by atoms with van der Waals surface area (Å²) in [6.07, 6.45) is 2.04. The van der Waals surface area contributed by atoms with Crippen LogP contribution in [0.4, 0.5) is 0 Å². The van der Waals surface area contributed by atoms with Gasteiger partial charge >= 0.3 is 0 Å². The predicted octanol–water partition coefficient (Wildman–Crippen LogP) is 1.37. The number of hydrogen-bond donors (Lipinski definition) is 1. The molecule has 130 valence electrons. The van der Waals surface area contributed by atoms with E-state index in [1.165, 1.54) is 4.88 Å². The normalized spacial score (nSPS) is 24.7. The molecule has 6 nitrogen and oxygen atoms in total. The topological polar surface area (TPSA) is 71.5 Å². The smallest absolute Gasteiger partial charge is 0.211 e. The Morgan fingerprint density at radius 2 is 2.30 bits per heavy atom. The van der Waals surface area contributed by atoms with Crippen molar-refractivity contribution in [1.29, 1.82) is 0 Å². The summed E-state index contributed by atoms with van der Waals surface area (Å²) >= 11 is 1.71. The van der Waals surface area contributed by atoms with Gasteiger partial charge in [0.05, 0.1) is 29.2 Å². The van der Waals surface area contributed by atoms with E-state index in [0.717, 1.165) is 38.2 Å². The highest BCUT2D eigenvalue weighted by Crippen LogP contribution is 2.37. The first-order chi connectivity index (χ1) is 10.9. The van der Waals surface area contributed by atoms with Gasteiger partial charge in [0.2, 0.25) is 10.0 Å². The molecule has 0 bridgehead atoms. The summed E-state index contributed by atoms with van der Waals surface area (Å²) in [5.74, 6) is 0.427. The zero-order chi connectivity index (χ0) is 16.5. The van der Waals surface area contributed by atoms with Crippen molar-refractivity contribution < 1.29 is 13.2 Å². The molecule has 1 spiro atoms. The van der Waals surface area contributed by atoms with E-state index in [4.69, 9.17) is 4.74 Å². The zero-order valence-corrected chi connectivity index (χ0v) is 15.4. The van der Waals surface area contributed by atoms with Gasteiger partial charge in [-0.25, -0.2) is 18.1 Å². The average Bonchev–Trinajstić information content (AvgIpc) is 2.90. The lowest BCUT2D eigenvalue weighted by molar-refractivity contribution is -0.180. The van der Waals surface area contributed by atoms with Crippen LogP contribution in [0, 0.1) is 12.8 Å². The molecule has 0 unspecified atom stereocenters. The molecule has 3 rings (SSSR count). The fourth-order valence-corrected chi connectivity index (χ4v) is 4.75. The molecule has 0 aliphatic carbocycles. The molecule has 2 saturated heterocycles. The Labute approximate surface area is 142 Å². The predicted molar refractivity (Wildman–Crippen MR) is 91.0 cm³/mol. The zero-order valence-electron chi connectivity index (χ0n) is 13.7. The van der Waals surface area contributed by atoms with Crippen LogP contribution in [0.3, 0.4) is 0 Å². The molecule has 0 amide bonds. The third-order valence-electron chi connectivity index (χ3n) is 4.84. The molecule has 2 aliphatic rings. The third kappa shape index (κ3) is 4.11. The Hall–Kier alpha value is -0.540. The van der Waals surface area contributed by atoms with Crippen molar-refractivity contribution in [2.24, 2.45) is 5.92 Å². The highest BCUT2D eigenvalue weighted by atomic mass is 32.2. The summed E-state index contributed by atoms with van der Waals surface area (Å²) in [7, 11) is -3.10. The summed E-state index contributed by atoms with van der Waals surface area (Å²) in [5.41, 5.74) is 3.03. The SMILES string of the molecule is CCS(=O)(=O)NC[C@@H]1CCC2(CN(Cc3scnc3C)C2)OC1. The Kier molecular flexibility index (Phi) is 5.08. The second-order valence-electron chi connectivity index (χ2n) is 6.66. The summed E-state index contributed by atoms with van der Waals surface area (Å²) in [4.78, 5) is 8.03. The maximum absolute atomic E-state index is 11.5. The summed E-state index contributed by atoms with van der Waals surface area (Å²) in [6.45, 7) is 7.76. The van der Waals surface area contributed by atoms with E-state index >= 15 is 0 Å². The number of sulfonamides is 1. The van der Waals surface area contributed by atoms with Crippen LogP contribution in [0.5, 0.6) is 0 Å². The van der Waals surface area contributed by atoms with E-state index in [9.17, 15) is 8.42 Å². The minimum Gasteiger partial charge on any atom is -0.372 e. The molecule has 2 fully saturated rings. The van der Waals surface area contributed by atoms with Crippen LogP contribution in [0.1, 0.15) is 30.3 Å². The standard InChI is InChI=1S/C15H25N3O3S2/c1-3-23(19,20)17-6-13-4-5-15(21-8-13)9-18(10-15)7-14-12(2)16-11-22-14/h11,13,17H,3-10H2,1-2H3/t13-/m0/s1. The number of hydrogen-bond acceptors (Lipinski definition) is 6. The molecular formula is C15H25N3O3S2. The van der Waals surface area contributed by atoms with Crippen LogP contribution in [-0.4, -0.2) is 55.9 Å². The van der Waals surface area contributed by atoms with Crippen molar-refractivity contribution in [3.05, 3.63) is 16.1 Å². The maximum atomic E-state index is 11.5. The van der Waals surface area contributed by atoms with Crippen LogP contribution in [0.25, 0.3) is 0 Å². The van der Waals surface area contributed by atoms with Crippen molar-refractivity contribution >= 4 is 21.4 Å². The summed E-state index contributed by atoms with van der Waals surface area (Å²) < 4.78 is 31.8. The minimum absolute atomic E-state index is 0.00127. The second kappa shape index (κ2) is 6.76. The van der Waals surface area contributed by atoms with E-state index in [2.05, 4.69) is 21.5 Å². The molecule has 1 atom stereocenters. The Morgan fingerprint density at radius 3 is 2.87 bits per heavy atom. The number of nitrogens with one attached hydrogen (secondary N) is 1. The van der Waals surface area contributed by atoms with Crippen molar-refractivity contribution in [3.63, 3.8) is 0 Å². The van der Waals surface area contributed by atoms with Gasteiger partial charge in [0, 0.05) is 31.1 Å². The summed E-state index contributed by atoms with van der Waals surface area (Å²) in [6, 6.07) is 0. The molecule has 0 radical (unpaired) electrons. The number of ether oxygens (including phenoxy) is 1. The first-order valence-electron chi connectivity index (χ1n) is 8.14. The van der Waals surface area contributed by atoms with E-state index in [-0.39, 0.29) is 11.4 Å². The van der Waals surface area contributed by atoms with Crippen molar-refractivity contribution in [3.8, 4) is 0 Å². The van der Waals surface area contributed by atoms with Gasteiger partial charge in [-0.3, -0.25) is 4.90 Å². The largest absolute Gasteiger partial charge is 0.372 e. The fraction of sp³-hybridized carbons (Fsp3) is 0.800. The van der Waals surface area contributed by atoms with Crippen LogP contribution < -0.4 is 4.72 Å². The van der Waals surface area contributed by atoms with Crippen molar-refractivity contribution in [1.82, 2.24) is 14.6 Å². The number of thiazole rings is 1. The van der Waals surface area contributed by atoms with Crippen LogP contribution in [-0.2, 0) is 21.3 Å². The number of aromatic nitrogens is 1. The van der Waals surface area contributed by atoms with Gasteiger partial charge in [-0.1, -0.05) is 0 Å². The Morgan fingerprint density at radius 1 is 1.52 bits per heavy atom. The molecular weight excluding hydrogens is 334 g/mol. The molecule has 23 heavy (non-hydrogen) atoms. The summed E-state index contributed by atoms with van der Waals surface area (Å²) in [5, 5.41) is 0. The highest BCUT2D eigenvalue weighted by molar-refractivity contribution is 7.89. The van der Waals surface area contributed by atoms with E-state index in [1.54, 1.807) is 18.3 Å². The number of aryl methyl sites for hydroxylation is 1. The van der Waals surface area contributed by atoms with Gasteiger partial charge in [0.15, 0.2) is 0 Å². The third-order valence-corrected chi connectivity index (χ3v) is 7.13. The molecule has 3 heterocycles. The highest BCUT2D eigenvalue weighted by Gasteiger charge is 2.46. The van der Waals surface area contributed by atoms with Crippen LogP contribution >= 0.6 is 11.3 Å². The number of rotatable bonds is 6. The number of likely N-dealkylation sites (tertiary alicyclic amines) is 1. The van der Waals surface area contributed by atoms with Crippen LogP contribution in [0.15, 0.2) is 5.51 Å². The van der Waals surface area contributed by atoms with Gasteiger partial charge in [0.25, 0.3) is 0 Å². The molecule has 0 aromatic carbocycles. The minimum atomic E-state index is -3.10. The molecule has 1 aromatic heterocycles. The Bertz CT molecular complexity index is 628. The molecule has 8 heteroatoms. The monoisotopic (exact) mass is 359 g/mol. The van der Waals surface area contributed by atoms with Crippen LogP contribution in [0.2, 0.25) is 0 Å². The second-order valence-corrected chi connectivity index (χ2v) is 9.69. The lowest BCUT2D eigenvalue weighted by atomic mass is 9.83. The molecule has 2 aliphatic heterocycles. The molecule has 1 N–H and O–H groups in total. The van der Waals surface area contributed by atoms with E-state index < -0.39 is 10.0 Å². The van der Waals surface area contributed by atoms with Crippen molar-refractivity contribution in [2.45, 2.75) is 38.8 Å². The van der Waals surface area contributed by atoms with Crippen molar-refractivity contribution in [2.75, 3.05) is 32.0 Å². The Balaban J connectivity index is 1.41. The quantitative estimate of drug-likeness (QED) is 0.831. The van der Waals surface area contributed by atoms with E-state index in [1.807, 2.05) is 5.51 Å². The first kappa shape index (κ1) is 17.3. The van der Waals surface area contributed by atoms with Gasteiger partial charge in [0.1, 0.15) is 0 Å². The maximum Gasteiger partial charge on any atom is 0.211 e. The number of nitrogens with zero attached hydrogens (tertiary/aromatic N) is 2. The van der Waals surface area contributed by atoms with Gasteiger partial charge < -0.3 is 4.74 Å². The lowest BCUT2D eigenvalue weighted by Gasteiger charge is -2.52. The van der Waals surface area contributed by atoms with E-state index in [0.29, 0.717) is 19.1 Å². The molecule has 0 saturated carbocycles. The molecule has 1 aromatic rings. The lowest BCUT2D eigenvalue weighted by Crippen LogP contribution is -2.64. The van der Waals surface area contributed by atoms with Gasteiger partial charge in [-0.15, -0.1) is 11.3 Å². The van der Waals surface area contributed by atoms with Gasteiger partial charge in [-0.05, 0) is 32.6 Å². The van der Waals surface area contributed by atoms with Gasteiger partial charge in [-0.2, -0.15) is 0 Å². The first-order valence-corrected chi connectivity index (χ1v) is 10.7. The average molecular weight is 360 g/mol. The fourth-order valence-electron chi connectivity index (χ4n) is 3.24.